The van der Waals surface area contributed by atoms with Crippen LogP contribution in [0.1, 0.15) is 16.8 Å². The van der Waals surface area contributed by atoms with Gasteiger partial charge in [0.1, 0.15) is 6.61 Å². The molecule has 7 heteroatoms. The minimum Gasteiger partial charge on any atom is -0.445 e. The average molecular weight is 344 g/mol. The number of carbonyl (C=O) groups is 1. The van der Waals surface area contributed by atoms with E-state index in [1.807, 2.05) is 43.5 Å². The van der Waals surface area contributed by atoms with E-state index >= 15 is 0 Å². The van der Waals surface area contributed by atoms with Crippen molar-refractivity contribution in [3.05, 3.63) is 53.3 Å². The van der Waals surface area contributed by atoms with E-state index in [1.165, 1.54) is 0 Å². The molecule has 1 aromatic heterocycles. The number of aromatic nitrogens is 2. The molecular formula is C18H24N4O3. The van der Waals surface area contributed by atoms with Gasteiger partial charge in [0.25, 0.3) is 0 Å². The maximum atomic E-state index is 12.2. The number of rotatable bonds is 6. The van der Waals surface area contributed by atoms with Gasteiger partial charge in [-0.05, 0) is 12.5 Å². The number of hydrogen-bond donors (Lipinski definition) is 2. The van der Waals surface area contributed by atoms with Gasteiger partial charge in [-0.1, -0.05) is 30.3 Å². The van der Waals surface area contributed by atoms with E-state index in [4.69, 9.17) is 9.47 Å². The first kappa shape index (κ1) is 17.4. The lowest BCUT2D eigenvalue weighted by Crippen LogP contribution is -2.49. The number of hydrogen-bond acceptors (Lipinski definition) is 5. The van der Waals surface area contributed by atoms with Crippen molar-refractivity contribution in [2.24, 2.45) is 0 Å². The summed E-state index contributed by atoms with van der Waals surface area (Å²) in [6.07, 6.45) is 1.49. The normalized spacial score (nSPS) is 17.5. The van der Waals surface area contributed by atoms with E-state index in [0.29, 0.717) is 32.8 Å². The van der Waals surface area contributed by atoms with Gasteiger partial charge in [0.2, 0.25) is 0 Å². The third-order valence-electron chi connectivity index (χ3n) is 4.22. The zero-order chi connectivity index (χ0) is 17.5. The van der Waals surface area contributed by atoms with Crippen LogP contribution in [0.3, 0.4) is 0 Å². The van der Waals surface area contributed by atoms with E-state index in [0.717, 1.165) is 23.4 Å². The van der Waals surface area contributed by atoms with Crippen LogP contribution >= 0.6 is 0 Å². The van der Waals surface area contributed by atoms with Gasteiger partial charge in [0.15, 0.2) is 0 Å². The molecule has 3 rings (SSSR count). The summed E-state index contributed by atoms with van der Waals surface area (Å²) in [6, 6.07) is 9.69. The first-order chi connectivity index (χ1) is 12.2. The van der Waals surface area contributed by atoms with Crippen LogP contribution in [-0.4, -0.2) is 53.5 Å². The van der Waals surface area contributed by atoms with E-state index in [9.17, 15) is 4.79 Å². The van der Waals surface area contributed by atoms with Crippen LogP contribution in [-0.2, 0) is 22.6 Å². The molecule has 1 aliphatic heterocycles. The van der Waals surface area contributed by atoms with Gasteiger partial charge < -0.3 is 19.7 Å². The SMILES string of the molecule is Cc1[nH]ncc1CNCC1CN(C(=O)OCc2ccccc2)CCO1. The molecule has 2 N–H and O–H groups in total. The molecule has 1 fully saturated rings. The Hall–Kier alpha value is -2.38. The lowest BCUT2D eigenvalue weighted by Gasteiger charge is -2.32. The van der Waals surface area contributed by atoms with E-state index in [-0.39, 0.29) is 12.2 Å². The van der Waals surface area contributed by atoms with Crippen LogP contribution in [0.25, 0.3) is 0 Å². The number of H-pyrrole nitrogens is 1. The molecule has 1 aliphatic rings. The fourth-order valence-electron chi connectivity index (χ4n) is 2.74. The molecule has 2 aromatic rings. The maximum absolute atomic E-state index is 12.2. The molecule has 25 heavy (non-hydrogen) atoms. The number of amides is 1. The van der Waals surface area contributed by atoms with Crippen molar-refractivity contribution in [2.75, 3.05) is 26.2 Å². The van der Waals surface area contributed by atoms with Gasteiger partial charge in [-0.15, -0.1) is 0 Å². The number of nitrogens with zero attached hydrogens (tertiary/aromatic N) is 2. The number of nitrogens with one attached hydrogen (secondary N) is 2. The van der Waals surface area contributed by atoms with Crippen molar-refractivity contribution in [3.8, 4) is 0 Å². The van der Waals surface area contributed by atoms with Crippen LogP contribution in [0.15, 0.2) is 36.5 Å². The van der Waals surface area contributed by atoms with Crippen molar-refractivity contribution in [2.45, 2.75) is 26.2 Å². The minimum absolute atomic E-state index is 0.0368. The first-order valence-corrected chi connectivity index (χ1v) is 8.49. The summed E-state index contributed by atoms with van der Waals surface area (Å²) in [5.41, 5.74) is 3.18. The summed E-state index contributed by atoms with van der Waals surface area (Å²) in [5, 5.41) is 10.3. The Morgan fingerprint density at radius 1 is 1.44 bits per heavy atom. The predicted molar refractivity (Wildman–Crippen MR) is 93.0 cm³/mol. The summed E-state index contributed by atoms with van der Waals surface area (Å²) in [6.45, 7) is 5.30. The highest BCUT2D eigenvalue weighted by atomic mass is 16.6. The van der Waals surface area contributed by atoms with Crippen LogP contribution in [0.2, 0.25) is 0 Å². The van der Waals surface area contributed by atoms with Gasteiger partial charge >= 0.3 is 6.09 Å². The molecule has 1 amide bonds. The molecule has 1 saturated heterocycles. The molecule has 0 spiro atoms. The lowest BCUT2D eigenvalue weighted by atomic mass is 10.2. The molecular weight excluding hydrogens is 320 g/mol. The third kappa shape index (κ3) is 5.04. The number of ether oxygens (including phenoxy) is 2. The third-order valence-corrected chi connectivity index (χ3v) is 4.22. The monoisotopic (exact) mass is 344 g/mol. The molecule has 0 radical (unpaired) electrons. The lowest BCUT2D eigenvalue weighted by molar-refractivity contribution is -0.0271. The summed E-state index contributed by atoms with van der Waals surface area (Å²) < 4.78 is 11.1. The zero-order valence-electron chi connectivity index (χ0n) is 14.4. The van der Waals surface area contributed by atoms with Gasteiger partial charge in [0, 0.05) is 30.9 Å². The Bertz CT molecular complexity index is 674. The van der Waals surface area contributed by atoms with Crippen LogP contribution < -0.4 is 5.32 Å². The Labute approximate surface area is 147 Å². The second-order valence-corrected chi connectivity index (χ2v) is 6.13. The fraction of sp³-hybridized carbons (Fsp3) is 0.444. The summed E-state index contributed by atoms with van der Waals surface area (Å²) in [7, 11) is 0. The smallest absolute Gasteiger partial charge is 0.410 e. The van der Waals surface area contributed by atoms with Crippen molar-refractivity contribution >= 4 is 6.09 Å². The molecule has 0 bridgehead atoms. The largest absolute Gasteiger partial charge is 0.445 e. The molecule has 2 heterocycles. The fourth-order valence-corrected chi connectivity index (χ4v) is 2.74. The number of aryl methyl sites for hydroxylation is 1. The molecule has 134 valence electrons. The summed E-state index contributed by atoms with van der Waals surface area (Å²) >= 11 is 0. The second-order valence-electron chi connectivity index (χ2n) is 6.13. The number of benzene rings is 1. The summed E-state index contributed by atoms with van der Waals surface area (Å²) in [5.74, 6) is 0. The highest BCUT2D eigenvalue weighted by molar-refractivity contribution is 5.67. The first-order valence-electron chi connectivity index (χ1n) is 8.49. The standard InChI is InChI=1S/C18H24N4O3/c1-14-16(10-20-21-14)9-19-11-17-12-22(7-8-24-17)18(23)25-13-15-5-3-2-4-6-15/h2-6,10,17,19H,7-9,11-13H2,1H3,(H,20,21). The van der Waals surface area contributed by atoms with Crippen LogP contribution in [0, 0.1) is 6.92 Å². The Kier molecular flexibility index (Phi) is 6.03. The van der Waals surface area contributed by atoms with Crippen LogP contribution in [0.5, 0.6) is 0 Å². The molecule has 1 unspecified atom stereocenters. The number of morpholine rings is 1. The Balaban J connectivity index is 1.41. The predicted octanol–water partition coefficient (Wildman–Crippen LogP) is 1.85. The van der Waals surface area contributed by atoms with Crippen molar-refractivity contribution in [1.82, 2.24) is 20.4 Å². The highest BCUT2D eigenvalue weighted by Crippen LogP contribution is 2.09. The molecule has 1 atom stereocenters. The Morgan fingerprint density at radius 3 is 3.04 bits per heavy atom. The topological polar surface area (TPSA) is 79.5 Å². The van der Waals surface area contributed by atoms with Crippen molar-refractivity contribution < 1.29 is 14.3 Å². The average Bonchev–Trinajstić information content (AvgIpc) is 3.06. The van der Waals surface area contributed by atoms with Crippen molar-refractivity contribution in [1.29, 1.82) is 0 Å². The van der Waals surface area contributed by atoms with Crippen molar-refractivity contribution in [3.63, 3.8) is 0 Å². The van der Waals surface area contributed by atoms with Gasteiger partial charge in [-0.2, -0.15) is 5.10 Å². The number of aromatic amines is 1. The van der Waals surface area contributed by atoms with Crippen LogP contribution in [0.4, 0.5) is 4.79 Å². The highest BCUT2D eigenvalue weighted by Gasteiger charge is 2.25. The zero-order valence-corrected chi connectivity index (χ0v) is 14.4. The molecule has 0 saturated carbocycles. The van der Waals surface area contributed by atoms with Gasteiger partial charge in [0.05, 0.1) is 25.5 Å². The van der Waals surface area contributed by atoms with Gasteiger partial charge in [-0.3, -0.25) is 5.10 Å². The minimum atomic E-state index is -0.289. The number of carbonyl (C=O) groups excluding carboxylic acids is 1. The second kappa shape index (κ2) is 8.64. The Morgan fingerprint density at radius 2 is 2.28 bits per heavy atom. The van der Waals surface area contributed by atoms with Gasteiger partial charge in [-0.25, -0.2) is 4.79 Å². The molecule has 7 nitrogen and oxygen atoms in total. The van der Waals surface area contributed by atoms with E-state index < -0.39 is 0 Å². The summed E-state index contributed by atoms with van der Waals surface area (Å²) in [4.78, 5) is 13.9. The maximum Gasteiger partial charge on any atom is 0.410 e. The quantitative estimate of drug-likeness (QED) is 0.836. The molecule has 0 aliphatic carbocycles. The van der Waals surface area contributed by atoms with E-state index in [1.54, 1.807) is 4.90 Å². The molecule has 1 aromatic carbocycles. The van der Waals surface area contributed by atoms with E-state index in [2.05, 4.69) is 15.5 Å².